The van der Waals surface area contributed by atoms with E-state index in [1.807, 2.05) is 164 Å². The zero-order valence-corrected chi connectivity index (χ0v) is 25.4. The van der Waals surface area contributed by atoms with Gasteiger partial charge in [0.25, 0.3) is 0 Å². The first-order valence-corrected chi connectivity index (χ1v) is 18.3. The van der Waals surface area contributed by atoms with Gasteiger partial charge in [0.05, 0.1) is 0 Å². The van der Waals surface area contributed by atoms with Crippen molar-refractivity contribution in [3.63, 3.8) is 0 Å². The molecule has 6 heteroatoms. The Labute approximate surface area is 247 Å². The van der Waals surface area contributed by atoms with Gasteiger partial charge < -0.3 is 9.13 Å². The Kier molecular flexibility index (Phi) is 8.01. The SMILES string of the molecule is O=[P+](c1ccccc1)c1cccc(P(=O)(c2ccccc2)c2cccc(P(=O)(c3ccccc3)c3ccccc3)c2)c1. The second kappa shape index (κ2) is 12.0. The lowest BCUT2D eigenvalue weighted by Crippen LogP contribution is -2.31. The summed E-state index contributed by atoms with van der Waals surface area (Å²) in [5.74, 6) is 0. The van der Waals surface area contributed by atoms with Crippen molar-refractivity contribution in [2.24, 2.45) is 0 Å². The average Bonchev–Trinajstić information content (AvgIpc) is 3.09. The third-order valence-electron chi connectivity index (χ3n) is 7.33. The van der Waals surface area contributed by atoms with Gasteiger partial charge in [-0.2, -0.15) is 0 Å². The van der Waals surface area contributed by atoms with E-state index in [9.17, 15) is 4.57 Å². The lowest BCUT2D eigenvalue weighted by molar-refractivity contribution is 0.592. The molecule has 0 saturated carbocycles. The Balaban J connectivity index is 1.55. The molecule has 0 heterocycles. The van der Waals surface area contributed by atoms with E-state index in [1.165, 1.54) is 0 Å². The molecule has 42 heavy (non-hydrogen) atoms. The van der Waals surface area contributed by atoms with E-state index in [-0.39, 0.29) is 0 Å². The molecule has 0 saturated heterocycles. The van der Waals surface area contributed by atoms with Crippen molar-refractivity contribution in [2.45, 2.75) is 0 Å². The van der Waals surface area contributed by atoms with Crippen LogP contribution in [0.5, 0.6) is 0 Å². The van der Waals surface area contributed by atoms with E-state index in [0.717, 1.165) is 0 Å². The number of hydrogen-bond acceptors (Lipinski definition) is 3. The van der Waals surface area contributed by atoms with Crippen LogP contribution in [0.4, 0.5) is 0 Å². The second-order valence-electron chi connectivity index (χ2n) is 9.89. The van der Waals surface area contributed by atoms with Gasteiger partial charge in [-0.05, 0) is 24.3 Å². The molecule has 204 valence electrons. The van der Waals surface area contributed by atoms with Gasteiger partial charge in [-0.25, -0.2) is 0 Å². The Morgan fingerprint density at radius 1 is 0.333 bits per heavy atom. The average molecular weight is 602 g/mol. The molecule has 0 N–H and O–H groups in total. The van der Waals surface area contributed by atoms with Crippen LogP contribution in [0, 0.1) is 0 Å². The van der Waals surface area contributed by atoms with Gasteiger partial charge >= 0.3 is 7.80 Å². The van der Waals surface area contributed by atoms with Crippen LogP contribution < -0.4 is 42.4 Å². The van der Waals surface area contributed by atoms with Crippen LogP contribution in [0.25, 0.3) is 0 Å². The summed E-state index contributed by atoms with van der Waals surface area (Å²) < 4.78 is 44.2. The summed E-state index contributed by atoms with van der Waals surface area (Å²) in [6.45, 7) is 0. The fourth-order valence-corrected chi connectivity index (χ4v) is 12.1. The first-order valence-electron chi connectivity index (χ1n) is 13.6. The van der Waals surface area contributed by atoms with Gasteiger partial charge in [0.15, 0.2) is 24.9 Å². The third kappa shape index (κ3) is 5.17. The number of benzene rings is 6. The molecule has 6 rings (SSSR count). The topological polar surface area (TPSA) is 51.2 Å². The summed E-state index contributed by atoms with van der Waals surface area (Å²) >= 11 is 0. The van der Waals surface area contributed by atoms with Crippen molar-refractivity contribution in [1.29, 1.82) is 0 Å². The molecule has 6 aromatic rings. The summed E-state index contributed by atoms with van der Waals surface area (Å²) in [7, 11) is -8.63. The molecule has 0 aliphatic heterocycles. The number of rotatable bonds is 8. The number of hydrogen-bond donors (Lipinski definition) is 0. The van der Waals surface area contributed by atoms with Gasteiger partial charge in [-0.3, -0.25) is 0 Å². The standard InChI is InChI=1S/C36H28O3P3/c37-40(29-15-5-1-6-16-29)30-17-13-24-34(27-30)42(39,33-22-11-4-12-23-33)36-26-14-25-35(28-36)41(38,31-18-7-2-8-19-31)32-20-9-3-10-21-32/h1-28H/q+1. The van der Waals surface area contributed by atoms with Gasteiger partial charge in [0, 0.05) is 37.9 Å². The van der Waals surface area contributed by atoms with Crippen LogP contribution in [-0.2, 0) is 13.7 Å². The quantitative estimate of drug-likeness (QED) is 0.209. The highest BCUT2D eigenvalue weighted by Gasteiger charge is 2.35. The zero-order chi connectivity index (χ0) is 29.0. The molecule has 0 aliphatic carbocycles. The summed E-state index contributed by atoms with van der Waals surface area (Å²) in [4.78, 5) is 0. The Morgan fingerprint density at radius 3 is 1.10 bits per heavy atom. The monoisotopic (exact) mass is 601 g/mol. The molecule has 6 aromatic carbocycles. The Hall–Kier alpha value is -4.12. The van der Waals surface area contributed by atoms with Crippen molar-refractivity contribution in [3.05, 3.63) is 170 Å². The van der Waals surface area contributed by atoms with Crippen molar-refractivity contribution in [2.75, 3.05) is 0 Å². The van der Waals surface area contributed by atoms with E-state index in [0.29, 0.717) is 42.4 Å². The highest BCUT2D eigenvalue weighted by molar-refractivity contribution is 7.86. The zero-order valence-electron chi connectivity index (χ0n) is 22.7. The van der Waals surface area contributed by atoms with Gasteiger partial charge in [0.1, 0.15) is 0 Å². The highest BCUT2D eigenvalue weighted by Crippen LogP contribution is 2.46. The van der Waals surface area contributed by atoms with Crippen LogP contribution in [-0.4, -0.2) is 0 Å². The van der Waals surface area contributed by atoms with Crippen molar-refractivity contribution < 1.29 is 13.7 Å². The maximum atomic E-state index is 15.5. The van der Waals surface area contributed by atoms with Crippen molar-refractivity contribution in [3.8, 4) is 0 Å². The maximum Gasteiger partial charge on any atom is 0.415 e. The fourth-order valence-electron chi connectivity index (χ4n) is 5.22. The van der Waals surface area contributed by atoms with Crippen LogP contribution in [0.2, 0.25) is 0 Å². The van der Waals surface area contributed by atoms with E-state index in [1.54, 1.807) is 6.07 Å². The Bertz CT molecular complexity index is 1900. The largest absolute Gasteiger partial charge is 0.415 e. The lowest BCUT2D eigenvalue weighted by atomic mass is 10.3. The summed E-state index contributed by atoms with van der Waals surface area (Å²) in [6.07, 6.45) is 0. The highest BCUT2D eigenvalue weighted by atomic mass is 31.2. The van der Waals surface area contributed by atoms with E-state index in [2.05, 4.69) is 0 Å². The molecule has 2 unspecified atom stereocenters. The van der Waals surface area contributed by atoms with E-state index in [4.69, 9.17) is 0 Å². The van der Waals surface area contributed by atoms with E-state index >= 15 is 9.13 Å². The van der Waals surface area contributed by atoms with Crippen LogP contribution in [0.1, 0.15) is 0 Å². The predicted octanol–water partition coefficient (Wildman–Crippen LogP) is 5.74. The molecule has 0 fully saturated rings. The first-order chi connectivity index (χ1) is 20.5. The maximum absolute atomic E-state index is 15.5. The Morgan fingerprint density at radius 2 is 0.643 bits per heavy atom. The molecule has 2 atom stereocenters. The van der Waals surface area contributed by atoms with Crippen LogP contribution in [0.15, 0.2) is 170 Å². The smallest absolute Gasteiger partial charge is 0.309 e. The summed E-state index contributed by atoms with van der Waals surface area (Å²) in [6, 6.07) is 52.3. The van der Waals surface area contributed by atoms with E-state index < -0.39 is 22.1 Å². The minimum absolute atomic E-state index is 0.574. The minimum Gasteiger partial charge on any atom is -0.309 e. The normalized spacial score (nSPS) is 13.2. The third-order valence-corrected chi connectivity index (χ3v) is 14.9. The van der Waals surface area contributed by atoms with Crippen LogP contribution >= 0.6 is 22.1 Å². The second-order valence-corrected chi connectivity index (χ2v) is 17.1. The lowest BCUT2D eigenvalue weighted by Gasteiger charge is -2.24. The molecule has 0 radical (unpaired) electrons. The summed E-state index contributed by atoms with van der Waals surface area (Å²) in [5.41, 5.74) is 0. The minimum atomic E-state index is -3.46. The molecule has 0 amide bonds. The molecule has 0 aromatic heterocycles. The molecule has 0 spiro atoms. The fraction of sp³-hybridized carbons (Fsp3) is 0. The summed E-state index contributed by atoms with van der Waals surface area (Å²) in [5, 5.41) is 5.17. The predicted molar refractivity (Wildman–Crippen MR) is 179 cm³/mol. The van der Waals surface area contributed by atoms with Gasteiger partial charge in [-0.1, -0.05) is 144 Å². The molecular formula is C36H28O3P3+. The van der Waals surface area contributed by atoms with Crippen molar-refractivity contribution >= 4 is 64.5 Å². The molecular weight excluding hydrogens is 573 g/mol. The molecule has 0 aliphatic rings. The van der Waals surface area contributed by atoms with Crippen LogP contribution in [0.3, 0.4) is 0 Å². The van der Waals surface area contributed by atoms with Gasteiger partial charge in [0.2, 0.25) is 0 Å². The molecule has 3 nitrogen and oxygen atoms in total. The molecule has 0 bridgehead atoms. The van der Waals surface area contributed by atoms with Gasteiger partial charge in [-0.15, -0.1) is 0 Å². The first kappa shape index (κ1) is 28.0. The van der Waals surface area contributed by atoms with Crippen molar-refractivity contribution in [1.82, 2.24) is 0 Å².